The van der Waals surface area contributed by atoms with E-state index in [1.807, 2.05) is 0 Å². The highest BCUT2D eigenvalue weighted by Crippen LogP contribution is 2.33. The minimum atomic E-state index is -0.914. The molecule has 1 saturated carbocycles. The third-order valence-electron chi connectivity index (χ3n) is 6.24. The Hall–Kier alpha value is -3.82. The van der Waals surface area contributed by atoms with Crippen LogP contribution in [0.5, 0.6) is 5.75 Å². The summed E-state index contributed by atoms with van der Waals surface area (Å²) >= 11 is 0. The lowest BCUT2D eigenvalue weighted by Gasteiger charge is -2.30. The first kappa shape index (κ1) is 23.3. The Morgan fingerprint density at radius 1 is 1.15 bits per heavy atom. The summed E-state index contributed by atoms with van der Waals surface area (Å²) in [6.07, 6.45) is 5.32. The molecule has 0 unspecified atom stereocenters. The molecular formula is C24H28N4O6. The molecule has 0 atom stereocenters. The fourth-order valence-electron chi connectivity index (χ4n) is 4.48. The number of methoxy groups -OCH3 is 1. The summed E-state index contributed by atoms with van der Waals surface area (Å²) in [7, 11) is 1.49. The highest BCUT2D eigenvalue weighted by molar-refractivity contribution is 6.09. The molecule has 4 rings (SSSR count). The zero-order valence-corrected chi connectivity index (χ0v) is 19.0. The van der Waals surface area contributed by atoms with Crippen LogP contribution < -0.4 is 15.4 Å². The summed E-state index contributed by atoms with van der Waals surface area (Å²) in [5, 5.41) is 5.54. The maximum absolute atomic E-state index is 13.2. The van der Waals surface area contributed by atoms with Crippen LogP contribution in [0, 0.1) is 0 Å². The predicted molar refractivity (Wildman–Crippen MR) is 122 cm³/mol. The number of carbonyl (C=O) groups is 4. The number of rotatable bonds is 8. The van der Waals surface area contributed by atoms with Gasteiger partial charge in [0.2, 0.25) is 11.8 Å². The van der Waals surface area contributed by atoms with Crippen LogP contribution in [0.15, 0.2) is 47.1 Å². The smallest absolute Gasteiger partial charge is 0.325 e. The number of nitrogens with one attached hydrogen (secondary N) is 2. The molecule has 2 aromatic rings. The first-order valence-electron chi connectivity index (χ1n) is 11.3. The molecule has 1 aliphatic carbocycles. The van der Waals surface area contributed by atoms with Gasteiger partial charge in [-0.1, -0.05) is 31.4 Å². The number of carbonyl (C=O) groups excluding carboxylic acids is 4. The summed E-state index contributed by atoms with van der Waals surface area (Å²) in [5.74, 6) is -0.411. The van der Waals surface area contributed by atoms with E-state index >= 15 is 0 Å². The van der Waals surface area contributed by atoms with Crippen molar-refractivity contribution in [3.8, 4) is 5.75 Å². The van der Waals surface area contributed by atoms with Gasteiger partial charge in [-0.05, 0) is 37.1 Å². The van der Waals surface area contributed by atoms with Crippen LogP contribution in [0.25, 0.3) is 0 Å². The Kier molecular flexibility index (Phi) is 6.85. The van der Waals surface area contributed by atoms with Gasteiger partial charge in [-0.25, -0.2) is 4.79 Å². The normalized spacial score (nSPS) is 16.9. The van der Waals surface area contributed by atoms with Crippen molar-refractivity contribution in [3.05, 3.63) is 48.4 Å². The number of hydrogen-bond acceptors (Lipinski definition) is 6. The van der Waals surface area contributed by atoms with Gasteiger partial charge >= 0.3 is 6.03 Å². The van der Waals surface area contributed by atoms with Gasteiger partial charge in [-0.15, -0.1) is 0 Å². The first-order chi connectivity index (χ1) is 16.4. The summed E-state index contributed by atoms with van der Waals surface area (Å²) < 4.78 is 10.6. The van der Waals surface area contributed by atoms with Crippen LogP contribution >= 0.6 is 0 Å². The monoisotopic (exact) mass is 468 g/mol. The van der Waals surface area contributed by atoms with E-state index in [0.717, 1.165) is 24.2 Å². The number of amides is 5. The minimum Gasteiger partial charge on any atom is -0.495 e. The average Bonchev–Trinajstić information content (AvgIpc) is 3.42. The van der Waals surface area contributed by atoms with Crippen molar-refractivity contribution < 1.29 is 28.3 Å². The Morgan fingerprint density at radius 2 is 1.91 bits per heavy atom. The topological polar surface area (TPSA) is 121 Å². The van der Waals surface area contributed by atoms with E-state index in [0.29, 0.717) is 30.0 Å². The van der Waals surface area contributed by atoms with Crippen LogP contribution in [0.3, 0.4) is 0 Å². The number of benzene rings is 1. The van der Waals surface area contributed by atoms with E-state index in [2.05, 4.69) is 10.6 Å². The lowest BCUT2D eigenvalue weighted by molar-refractivity contribution is -0.141. The van der Waals surface area contributed by atoms with E-state index in [9.17, 15) is 19.2 Å². The highest BCUT2D eigenvalue weighted by Gasteiger charge is 2.51. The van der Waals surface area contributed by atoms with E-state index in [1.165, 1.54) is 18.3 Å². The highest BCUT2D eigenvalue weighted by atomic mass is 16.5. The van der Waals surface area contributed by atoms with Crippen molar-refractivity contribution in [2.24, 2.45) is 0 Å². The van der Waals surface area contributed by atoms with Crippen LogP contribution in [0.2, 0.25) is 0 Å². The molecule has 180 valence electrons. The zero-order valence-electron chi connectivity index (χ0n) is 19.0. The summed E-state index contributed by atoms with van der Waals surface area (Å²) in [6.45, 7) is -0.735. The SMILES string of the molecule is COc1ccccc1NC(=O)CN(Cc1ccco1)C(=O)CN1C(=O)NC2(CCCCC2)C1=O. The summed E-state index contributed by atoms with van der Waals surface area (Å²) in [5.41, 5.74) is -0.448. The molecule has 34 heavy (non-hydrogen) atoms. The molecule has 0 bridgehead atoms. The molecule has 2 heterocycles. The molecule has 2 aliphatic rings. The van der Waals surface area contributed by atoms with Gasteiger partial charge in [0, 0.05) is 0 Å². The van der Waals surface area contributed by atoms with Gasteiger partial charge in [-0.2, -0.15) is 0 Å². The van der Waals surface area contributed by atoms with Crippen molar-refractivity contribution in [3.63, 3.8) is 0 Å². The Balaban J connectivity index is 1.47. The third-order valence-corrected chi connectivity index (χ3v) is 6.24. The van der Waals surface area contributed by atoms with E-state index < -0.39 is 29.9 Å². The lowest BCUT2D eigenvalue weighted by Crippen LogP contribution is -2.49. The summed E-state index contributed by atoms with van der Waals surface area (Å²) in [6, 6.07) is 9.71. The number of para-hydroxylation sites is 2. The van der Waals surface area contributed by atoms with E-state index in [1.54, 1.807) is 36.4 Å². The maximum Gasteiger partial charge on any atom is 0.325 e. The predicted octanol–water partition coefficient (Wildman–Crippen LogP) is 2.51. The number of anilines is 1. The standard InChI is InChI=1S/C24H28N4O6/c1-33-19-10-4-3-9-18(19)25-20(29)15-27(14-17-8-7-13-34-17)21(30)16-28-22(31)24(26-23(28)32)11-5-2-6-12-24/h3-4,7-10,13H,2,5-6,11-12,14-16H2,1H3,(H,25,29)(H,26,32). The van der Waals surface area contributed by atoms with Crippen LogP contribution in [-0.2, 0) is 20.9 Å². The second kappa shape index (κ2) is 9.98. The Bertz CT molecular complexity index is 1060. The van der Waals surface area contributed by atoms with Gasteiger partial charge in [0.25, 0.3) is 5.91 Å². The molecule has 0 radical (unpaired) electrons. The molecular weight excluding hydrogens is 440 g/mol. The fraction of sp³-hybridized carbons (Fsp3) is 0.417. The molecule has 2 N–H and O–H groups in total. The number of ether oxygens (including phenoxy) is 1. The van der Waals surface area contributed by atoms with Crippen molar-refractivity contribution in [2.75, 3.05) is 25.5 Å². The Morgan fingerprint density at radius 3 is 2.62 bits per heavy atom. The fourth-order valence-corrected chi connectivity index (χ4v) is 4.48. The number of hydrogen-bond donors (Lipinski definition) is 2. The summed E-state index contributed by atoms with van der Waals surface area (Å²) in [4.78, 5) is 53.8. The van der Waals surface area contributed by atoms with Crippen molar-refractivity contribution in [1.29, 1.82) is 0 Å². The second-order valence-electron chi connectivity index (χ2n) is 8.54. The van der Waals surface area contributed by atoms with Crippen molar-refractivity contribution in [2.45, 2.75) is 44.2 Å². The zero-order chi connectivity index (χ0) is 24.1. The molecule has 1 aromatic carbocycles. The quantitative estimate of drug-likeness (QED) is 0.574. The van der Waals surface area contributed by atoms with Gasteiger partial charge in [-0.3, -0.25) is 19.3 Å². The van der Waals surface area contributed by atoms with Crippen LogP contribution in [0.1, 0.15) is 37.9 Å². The molecule has 10 heteroatoms. The molecule has 2 fully saturated rings. The number of imide groups is 1. The molecule has 1 saturated heterocycles. The number of urea groups is 1. The number of nitrogens with zero attached hydrogens (tertiary/aromatic N) is 2. The van der Waals surface area contributed by atoms with E-state index in [4.69, 9.17) is 9.15 Å². The minimum absolute atomic E-state index is 0.0139. The van der Waals surface area contributed by atoms with Crippen LogP contribution in [-0.4, -0.2) is 59.3 Å². The maximum atomic E-state index is 13.2. The van der Waals surface area contributed by atoms with Crippen molar-refractivity contribution in [1.82, 2.24) is 15.1 Å². The largest absolute Gasteiger partial charge is 0.495 e. The van der Waals surface area contributed by atoms with Gasteiger partial charge in [0.15, 0.2) is 0 Å². The van der Waals surface area contributed by atoms with Crippen LogP contribution in [0.4, 0.5) is 10.5 Å². The molecule has 1 aromatic heterocycles. The molecule has 10 nitrogen and oxygen atoms in total. The molecule has 5 amide bonds. The lowest BCUT2D eigenvalue weighted by atomic mass is 9.82. The second-order valence-corrected chi connectivity index (χ2v) is 8.54. The molecule has 1 aliphatic heterocycles. The van der Waals surface area contributed by atoms with Crippen molar-refractivity contribution >= 4 is 29.4 Å². The van der Waals surface area contributed by atoms with E-state index in [-0.39, 0.29) is 19.0 Å². The van der Waals surface area contributed by atoms with Gasteiger partial charge < -0.3 is 24.7 Å². The molecule has 1 spiro atoms. The van der Waals surface area contributed by atoms with Gasteiger partial charge in [0.1, 0.15) is 30.1 Å². The van der Waals surface area contributed by atoms with Gasteiger partial charge in [0.05, 0.1) is 25.6 Å². The third kappa shape index (κ3) is 4.90. The average molecular weight is 469 g/mol. The first-order valence-corrected chi connectivity index (χ1v) is 11.3. The Labute approximate surface area is 197 Å². The number of furan rings is 1.